The van der Waals surface area contributed by atoms with Gasteiger partial charge in [0.15, 0.2) is 5.13 Å². The van der Waals surface area contributed by atoms with Crippen molar-refractivity contribution in [1.29, 1.82) is 0 Å². The first-order valence-electron chi connectivity index (χ1n) is 9.73. The van der Waals surface area contributed by atoms with E-state index in [-0.39, 0.29) is 5.91 Å². The van der Waals surface area contributed by atoms with Gasteiger partial charge in [0.2, 0.25) is 0 Å². The first kappa shape index (κ1) is 19.3. The molecule has 1 amide bonds. The largest absolute Gasteiger partial charge is 0.278 e. The third-order valence-corrected chi connectivity index (χ3v) is 5.88. The van der Waals surface area contributed by atoms with Crippen molar-refractivity contribution in [3.63, 3.8) is 0 Å². The van der Waals surface area contributed by atoms with Gasteiger partial charge < -0.3 is 0 Å². The molecule has 0 radical (unpaired) electrons. The van der Waals surface area contributed by atoms with Crippen LogP contribution in [0.1, 0.15) is 39.7 Å². The van der Waals surface area contributed by atoms with E-state index in [1.54, 1.807) is 22.4 Å². The van der Waals surface area contributed by atoms with Gasteiger partial charge in [0, 0.05) is 11.8 Å². The fraction of sp³-hybridized carbons (Fsp3) is 0.208. The van der Waals surface area contributed by atoms with Crippen LogP contribution in [0.25, 0.3) is 10.2 Å². The first-order valence-corrected chi connectivity index (χ1v) is 10.5. The summed E-state index contributed by atoms with van der Waals surface area (Å²) in [6.45, 7) is 6.54. The number of fused-ring (bicyclic) bond motifs is 1. The van der Waals surface area contributed by atoms with E-state index in [0.717, 1.165) is 33.5 Å². The Morgan fingerprint density at radius 2 is 1.83 bits per heavy atom. The van der Waals surface area contributed by atoms with Crippen molar-refractivity contribution in [1.82, 2.24) is 9.97 Å². The van der Waals surface area contributed by atoms with Crippen LogP contribution in [0.2, 0.25) is 0 Å². The third kappa shape index (κ3) is 4.20. The van der Waals surface area contributed by atoms with Crippen molar-refractivity contribution < 1.29 is 4.79 Å². The van der Waals surface area contributed by atoms with Gasteiger partial charge in [-0.3, -0.25) is 14.7 Å². The number of hydrogen-bond acceptors (Lipinski definition) is 4. The van der Waals surface area contributed by atoms with Gasteiger partial charge in [0.05, 0.1) is 22.5 Å². The predicted molar refractivity (Wildman–Crippen MR) is 120 cm³/mol. The minimum Gasteiger partial charge on any atom is -0.278 e. The Bertz CT molecular complexity index is 1150. The highest BCUT2D eigenvalue weighted by Crippen LogP contribution is 2.31. The molecular weight excluding hydrogens is 378 g/mol. The smallest absolute Gasteiger partial charge is 0.260 e. The molecule has 2 aromatic heterocycles. The number of anilines is 1. The molecule has 4 aromatic rings. The van der Waals surface area contributed by atoms with Crippen LogP contribution in [-0.4, -0.2) is 15.9 Å². The highest BCUT2D eigenvalue weighted by Gasteiger charge is 2.22. The first-order chi connectivity index (χ1) is 14.0. The van der Waals surface area contributed by atoms with Crippen LogP contribution in [0.4, 0.5) is 5.13 Å². The second-order valence-corrected chi connectivity index (χ2v) is 8.25. The van der Waals surface area contributed by atoms with E-state index in [2.05, 4.69) is 30.1 Å². The van der Waals surface area contributed by atoms with Gasteiger partial charge in [-0.25, -0.2) is 4.98 Å². The number of pyridine rings is 1. The van der Waals surface area contributed by atoms with Crippen LogP contribution in [0.3, 0.4) is 0 Å². The van der Waals surface area contributed by atoms with E-state index < -0.39 is 0 Å². The molecule has 2 aromatic carbocycles. The molecule has 0 unspecified atom stereocenters. The number of hydrogen-bond donors (Lipinski definition) is 0. The lowest BCUT2D eigenvalue weighted by Gasteiger charge is -2.20. The molecule has 0 aliphatic rings. The number of nitrogens with zero attached hydrogens (tertiary/aromatic N) is 3. The highest BCUT2D eigenvalue weighted by atomic mass is 32.1. The van der Waals surface area contributed by atoms with Crippen molar-refractivity contribution in [2.24, 2.45) is 0 Å². The molecule has 4 nitrogen and oxygen atoms in total. The molecule has 0 aliphatic carbocycles. The zero-order valence-electron chi connectivity index (χ0n) is 16.8. The number of carbonyl (C=O) groups excluding carboxylic acids is 1. The SMILES string of the molecule is CCc1ccc2nc(N(Cc3ccccn3)C(=O)c3cc(C)cc(C)c3)sc2c1. The zero-order valence-corrected chi connectivity index (χ0v) is 17.7. The summed E-state index contributed by atoms with van der Waals surface area (Å²) in [6, 6.07) is 18.0. The average molecular weight is 402 g/mol. The molecule has 0 N–H and O–H groups in total. The van der Waals surface area contributed by atoms with Gasteiger partial charge in [-0.1, -0.05) is 47.6 Å². The van der Waals surface area contributed by atoms with Crippen LogP contribution in [-0.2, 0) is 13.0 Å². The average Bonchev–Trinajstić information content (AvgIpc) is 3.14. The lowest BCUT2D eigenvalue weighted by molar-refractivity contribution is 0.0984. The molecule has 146 valence electrons. The number of carbonyl (C=O) groups is 1. The van der Waals surface area contributed by atoms with Crippen molar-refractivity contribution in [2.45, 2.75) is 33.7 Å². The molecule has 0 fully saturated rings. The second-order valence-electron chi connectivity index (χ2n) is 7.24. The monoisotopic (exact) mass is 401 g/mol. The minimum atomic E-state index is -0.0581. The Kier molecular flexibility index (Phi) is 5.41. The lowest BCUT2D eigenvalue weighted by atomic mass is 10.1. The molecule has 0 saturated carbocycles. The van der Waals surface area contributed by atoms with E-state index in [1.807, 2.05) is 50.2 Å². The lowest BCUT2D eigenvalue weighted by Crippen LogP contribution is -2.30. The standard InChI is InChI=1S/C24H23N3OS/c1-4-18-8-9-21-22(14-18)29-24(26-21)27(15-20-7-5-6-10-25-20)23(28)19-12-16(2)11-17(3)13-19/h5-14H,4,15H2,1-3H3. The fourth-order valence-electron chi connectivity index (χ4n) is 3.43. The van der Waals surface area contributed by atoms with E-state index >= 15 is 0 Å². The minimum absolute atomic E-state index is 0.0581. The Hall–Kier alpha value is -3.05. The molecule has 0 atom stereocenters. The highest BCUT2D eigenvalue weighted by molar-refractivity contribution is 7.22. The second kappa shape index (κ2) is 8.13. The molecule has 29 heavy (non-hydrogen) atoms. The zero-order chi connectivity index (χ0) is 20.4. The van der Waals surface area contributed by atoms with Crippen LogP contribution in [0.5, 0.6) is 0 Å². The summed E-state index contributed by atoms with van der Waals surface area (Å²) in [5.74, 6) is -0.0581. The van der Waals surface area contributed by atoms with Crippen molar-refractivity contribution in [2.75, 3.05) is 4.90 Å². The molecular formula is C24H23N3OS. The van der Waals surface area contributed by atoms with Gasteiger partial charge in [-0.15, -0.1) is 0 Å². The summed E-state index contributed by atoms with van der Waals surface area (Å²) in [5.41, 5.74) is 5.84. The summed E-state index contributed by atoms with van der Waals surface area (Å²) in [4.78, 5) is 24.5. The Labute approximate surface area is 174 Å². The molecule has 0 aliphatic heterocycles. The summed E-state index contributed by atoms with van der Waals surface area (Å²) in [6.07, 6.45) is 2.73. The number of thiazole rings is 1. The quantitative estimate of drug-likeness (QED) is 0.430. The number of rotatable bonds is 5. The molecule has 0 bridgehead atoms. The third-order valence-electron chi connectivity index (χ3n) is 4.84. The van der Waals surface area contributed by atoms with Gasteiger partial charge in [0.25, 0.3) is 5.91 Å². The van der Waals surface area contributed by atoms with E-state index in [9.17, 15) is 4.79 Å². The number of amides is 1. The summed E-state index contributed by atoms with van der Waals surface area (Å²) in [7, 11) is 0. The van der Waals surface area contributed by atoms with Crippen molar-refractivity contribution in [3.8, 4) is 0 Å². The normalized spacial score (nSPS) is 11.0. The van der Waals surface area contributed by atoms with Crippen LogP contribution < -0.4 is 4.90 Å². The van der Waals surface area contributed by atoms with E-state index in [0.29, 0.717) is 17.2 Å². The maximum absolute atomic E-state index is 13.5. The predicted octanol–water partition coefficient (Wildman–Crippen LogP) is 5.72. The molecule has 0 spiro atoms. The molecule has 5 heteroatoms. The van der Waals surface area contributed by atoms with Crippen molar-refractivity contribution in [3.05, 3.63) is 88.7 Å². The van der Waals surface area contributed by atoms with Gasteiger partial charge in [-0.2, -0.15) is 0 Å². The van der Waals surface area contributed by atoms with Crippen LogP contribution in [0.15, 0.2) is 60.8 Å². The van der Waals surface area contributed by atoms with Gasteiger partial charge >= 0.3 is 0 Å². The molecule has 2 heterocycles. The fourth-order valence-corrected chi connectivity index (χ4v) is 4.45. The number of aromatic nitrogens is 2. The van der Waals surface area contributed by atoms with Gasteiger partial charge in [-0.05, 0) is 62.2 Å². The molecule has 4 rings (SSSR count). The van der Waals surface area contributed by atoms with Crippen LogP contribution >= 0.6 is 11.3 Å². The van der Waals surface area contributed by atoms with E-state index in [4.69, 9.17) is 4.98 Å². The topological polar surface area (TPSA) is 46.1 Å². The molecule has 0 saturated heterocycles. The van der Waals surface area contributed by atoms with E-state index in [1.165, 1.54) is 5.56 Å². The van der Waals surface area contributed by atoms with Gasteiger partial charge in [0.1, 0.15) is 0 Å². The summed E-state index contributed by atoms with van der Waals surface area (Å²) >= 11 is 1.55. The summed E-state index contributed by atoms with van der Waals surface area (Å²) in [5, 5.41) is 0.697. The van der Waals surface area contributed by atoms with Crippen LogP contribution in [0, 0.1) is 13.8 Å². The maximum atomic E-state index is 13.5. The van der Waals surface area contributed by atoms with Crippen molar-refractivity contribution >= 4 is 32.6 Å². The Morgan fingerprint density at radius 3 is 2.52 bits per heavy atom. The summed E-state index contributed by atoms with van der Waals surface area (Å²) < 4.78 is 1.10. The number of benzene rings is 2. The Morgan fingerprint density at radius 1 is 1.03 bits per heavy atom. The number of aryl methyl sites for hydroxylation is 3. The Balaban J connectivity index is 1.78. The maximum Gasteiger partial charge on any atom is 0.260 e.